The van der Waals surface area contributed by atoms with Gasteiger partial charge in [-0.05, 0) is 25.1 Å². The fraction of sp³-hybridized carbons (Fsp3) is 0.368. The highest BCUT2D eigenvalue weighted by Crippen LogP contribution is 2.19. The number of benzene rings is 1. The van der Waals surface area contributed by atoms with Crippen LogP contribution < -0.4 is 11.2 Å². The Balaban J connectivity index is 2.34. The maximum absolute atomic E-state index is 12.9. The number of carbonyl (C=O) groups excluding carboxylic acids is 1. The van der Waals surface area contributed by atoms with Crippen molar-refractivity contribution < 1.29 is 4.79 Å². The van der Waals surface area contributed by atoms with Gasteiger partial charge in [0.15, 0.2) is 16.9 Å². The van der Waals surface area contributed by atoms with Gasteiger partial charge < -0.3 is 4.57 Å². The molecule has 0 N–H and O–H groups in total. The van der Waals surface area contributed by atoms with E-state index in [2.05, 4.69) is 4.98 Å². The minimum absolute atomic E-state index is 0.00665. The Labute approximate surface area is 160 Å². The number of halogens is 1. The topological polar surface area (TPSA) is 78.9 Å². The van der Waals surface area contributed by atoms with Gasteiger partial charge in [-0.1, -0.05) is 38.4 Å². The van der Waals surface area contributed by atoms with Crippen LogP contribution >= 0.6 is 11.6 Å². The summed E-state index contributed by atoms with van der Waals surface area (Å²) in [5.41, 5.74) is -0.582. The molecule has 2 aromatic heterocycles. The van der Waals surface area contributed by atoms with Crippen LogP contribution in [0.15, 0.2) is 40.2 Å². The van der Waals surface area contributed by atoms with E-state index in [1.54, 1.807) is 31.2 Å². The molecule has 0 atom stereocenters. The number of fused-ring (bicyclic) bond motifs is 1. The van der Waals surface area contributed by atoms with Crippen molar-refractivity contribution in [3.8, 4) is 5.69 Å². The van der Waals surface area contributed by atoms with E-state index in [4.69, 9.17) is 11.6 Å². The van der Waals surface area contributed by atoms with Gasteiger partial charge in [0.25, 0.3) is 5.56 Å². The molecule has 0 radical (unpaired) electrons. The predicted octanol–water partition coefficient (Wildman–Crippen LogP) is 2.64. The zero-order chi connectivity index (χ0) is 19.9. The molecule has 0 spiro atoms. The number of hydrogen-bond acceptors (Lipinski definition) is 4. The Kier molecular flexibility index (Phi) is 4.82. The molecule has 8 heteroatoms. The average molecular weight is 389 g/mol. The molecule has 0 aliphatic heterocycles. The van der Waals surface area contributed by atoms with Gasteiger partial charge in [0.1, 0.15) is 0 Å². The highest BCUT2D eigenvalue weighted by molar-refractivity contribution is 6.30. The van der Waals surface area contributed by atoms with Crippen LogP contribution in [-0.2, 0) is 17.9 Å². The molecule has 3 rings (SSSR count). The zero-order valence-electron chi connectivity index (χ0n) is 15.7. The molecule has 3 aromatic rings. The number of imidazole rings is 1. The second kappa shape index (κ2) is 6.81. The fourth-order valence-corrected chi connectivity index (χ4v) is 3.00. The summed E-state index contributed by atoms with van der Waals surface area (Å²) in [5, 5.41) is 0.462. The lowest BCUT2D eigenvalue weighted by Gasteiger charge is -2.17. The average Bonchev–Trinajstić information content (AvgIpc) is 2.98. The van der Waals surface area contributed by atoms with E-state index in [0.717, 1.165) is 4.57 Å². The van der Waals surface area contributed by atoms with Crippen molar-refractivity contribution in [1.29, 1.82) is 0 Å². The van der Waals surface area contributed by atoms with E-state index in [1.807, 2.05) is 20.8 Å². The van der Waals surface area contributed by atoms with Crippen LogP contribution in [0.2, 0.25) is 5.02 Å². The van der Waals surface area contributed by atoms with Crippen LogP contribution in [-0.4, -0.2) is 24.5 Å². The summed E-state index contributed by atoms with van der Waals surface area (Å²) in [5.74, 6) is -0.0373. The van der Waals surface area contributed by atoms with Crippen molar-refractivity contribution in [2.75, 3.05) is 0 Å². The van der Waals surface area contributed by atoms with E-state index in [0.29, 0.717) is 10.7 Å². The maximum atomic E-state index is 12.9. The van der Waals surface area contributed by atoms with Gasteiger partial charge in [0.2, 0.25) is 0 Å². The normalized spacial score (nSPS) is 11.9. The summed E-state index contributed by atoms with van der Waals surface area (Å²) >= 11 is 6.07. The number of carbonyl (C=O) groups is 1. The largest absolute Gasteiger partial charge is 0.337 e. The first kappa shape index (κ1) is 19.1. The monoisotopic (exact) mass is 388 g/mol. The summed E-state index contributed by atoms with van der Waals surface area (Å²) in [6, 6.07) is 6.77. The number of nitrogens with zero attached hydrogens (tertiary/aromatic N) is 4. The van der Waals surface area contributed by atoms with E-state index in [-0.39, 0.29) is 30.0 Å². The van der Waals surface area contributed by atoms with Crippen LogP contribution in [0.3, 0.4) is 0 Å². The second-order valence-corrected chi connectivity index (χ2v) is 7.80. The van der Waals surface area contributed by atoms with Crippen molar-refractivity contribution in [1.82, 2.24) is 18.7 Å². The third-order valence-corrected chi connectivity index (χ3v) is 4.67. The SMILES string of the molecule is CCn1c(=O)c2c(ncn2CC(=O)C(C)(C)C)n(-c2cccc(Cl)c2)c1=O. The number of aromatic nitrogens is 4. The number of Topliss-reactive ketones (excluding diaryl/α,β-unsaturated/α-hetero) is 1. The molecule has 142 valence electrons. The van der Waals surface area contributed by atoms with Gasteiger partial charge in [-0.15, -0.1) is 0 Å². The van der Waals surface area contributed by atoms with Gasteiger partial charge in [0, 0.05) is 17.0 Å². The summed E-state index contributed by atoms with van der Waals surface area (Å²) in [6.45, 7) is 7.39. The van der Waals surface area contributed by atoms with Crippen LogP contribution in [0.5, 0.6) is 0 Å². The molecule has 27 heavy (non-hydrogen) atoms. The van der Waals surface area contributed by atoms with Crippen molar-refractivity contribution >= 4 is 28.5 Å². The van der Waals surface area contributed by atoms with Gasteiger partial charge in [-0.2, -0.15) is 0 Å². The Morgan fingerprint density at radius 2 is 1.93 bits per heavy atom. The van der Waals surface area contributed by atoms with Crippen molar-refractivity contribution in [3.63, 3.8) is 0 Å². The summed E-state index contributed by atoms with van der Waals surface area (Å²) in [7, 11) is 0. The molecular formula is C19H21ClN4O3. The van der Waals surface area contributed by atoms with Crippen LogP contribution in [0, 0.1) is 5.41 Å². The van der Waals surface area contributed by atoms with E-state index in [9.17, 15) is 14.4 Å². The van der Waals surface area contributed by atoms with Crippen molar-refractivity contribution in [2.24, 2.45) is 5.41 Å². The molecule has 0 aliphatic rings. The molecule has 0 saturated carbocycles. The number of hydrogen-bond donors (Lipinski definition) is 0. The molecule has 0 saturated heterocycles. The lowest BCUT2D eigenvalue weighted by Crippen LogP contribution is -2.40. The lowest BCUT2D eigenvalue weighted by molar-refractivity contribution is -0.126. The molecule has 2 heterocycles. The molecule has 7 nitrogen and oxygen atoms in total. The van der Waals surface area contributed by atoms with Crippen LogP contribution in [0.25, 0.3) is 16.9 Å². The van der Waals surface area contributed by atoms with E-state index in [1.165, 1.54) is 15.5 Å². The Morgan fingerprint density at radius 3 is 2.52 bits per heavy atom. The first-order valence-corrected chi connectivity index (χ1v) is 9.03. The third-order valence-electron chi connectivity index (χ3n) is 4.43. The minimum atomic E-state index is -0.554. The number of ketones is 1. The lowest BCUT2D eigenvalue weighted by atomic mass is 9.91. The third kappa shape index (κ3) is 3.35. The first-order chi connectivity index (χ1) is 12.6. The molecule has 0 unspecified atom stereocenters. The second-order valence-electron chi connectivity index (χ2n) is 7.37. The van der Waals surface area contributed by atoms with Crippen molar-refractivity contribution in [2.45, 2.75) is 40.8 Å². The standard InChI is InChI=1S/C19H21ClN4O3/c1-5-23-17(26)15-16(21-11-22(15)10-14(25)19(2,3)4)24(18(23)27)13-8-6-7-12(20)9-13/h6-9,11H,5,10H2,1-4H3. The van der Waals surface area contributed by atoms with Crippen molar-refractivity contribution in [3.05, 3.63) is 56.5 Å². The zero-order valence-corrected chi connectivity index (χ0v) is 16.4. The van der Waals surface area contributed by atoms with Gasteiger partial charge in [0.05, 0.1) is 18.6 Å². The first-order valence-electron chi connectivity index (χ1n) is 8.65. The minimum Gasteiger partial charge on any atom is -0.317 e. The highest BCUT2D eigenvalue weighted by atomic mass is 35.5. The predicted molar refractivity (Wildman–Crippen MR) is 105 cm³/mol. The van der Waals surface area contributed by atoms with Gasteiger partial charge >= 0.3 is 5.69 Å². The summed E-state index contributed by atoms with van der Waals surface area (Å²) in [6.07, 6.45) is 1.43. The Hall–Kier alpha value is -2.67. The number of rotatable bonds is 4. The van der Waals surface area contributed by atoms with E-state index >= 15 is 0 Å². The Bertz CT molecular complexity index is 1150. The quantitative estimate of drug-likeness (QED) is 0.688. The van der Waals surface area contributed by atoms with Gasteiger partial charge in [-0.25, -0.2) is 14.3 Å². The van der Waals surface area contributed by atoms with Crippen LogP contribution in [0.4, 0.5) is 0 Å². The molecule has 0 amide bonds. The maximum Gasteiger partial charge on any atom is 0.337 e. The molecule has 1 aromatic carbocycles. The summed E-state index contributed by atoms with van der Waals surface area (Å²) < 4.78 is 3.99. The molecular weight excluding hydrogens is 368 g/mol. The Morgan fingerprint density at radius 1 is 1.22 bits per heavy atom. The smallest absolute Gasteiger partial charge is 0.317 e. The summed E-state index contributed by atoms with van der Waals surface area (Å²) in [4.78, 5) is 42.5. The highest BCUT2D eigenvalue weighted by Gasteiger charge is 2.24. The van der Waals surface area contributed by atoms with E-state index < -0.39 is 16.7 Å². The molecule has 0 aliphatic carbocycles. The fourth-order valence-electron chi connectivity index (χ4n) is 2.82. The molecule has 0 fully saturated rings. The molecule has 0 bridgehead atoms. The van der Waals surface area contributed by atoms with Gasteiger partial charge in [-0.3, -0.25) is 14.2 Å². The van der Waals surface area contributed by atoms with Crippen LogP contribution in [0.1, 0.15) is 27.7 Å².